The summed E-state index contributed by atoms with van der Waals surface area (Å²) in [6, 6.07) is 0.132. The Balaban J connectivity index is 1.94. The number of ether oxygens (including phenoxy) is 1. The van der Waals surface area contributed by atoms with Gasteiger partial charge in [-0.3, -0.25) is 4.90 Å². The van der Waals surface area contributed by atoms with Crippen LogP contribution in [0.15, 0.2) is 11.6 Å². The van der Waals surface area contributed by atoms with E-state index in [9.17, 15) is 0 Å². The molecule has 14 heavy (non-hydrogen) atoms. The zero-order valence-electron chi connectivity index (χ0n) is 7.93. The van der Waals surface area contributed by atoms with Gasteiger partial charge in [0.2, 0.25) is 0 Å². The lowest BCUT2D eigenvalue weighted by molar-refractivity contribution is -0.0312. The average molecular weight is 214 g/mol. The highest BCUT2D eigenvalue weighted by atomic mass is 32.1. The molecule has 1 aromatic rings. The second-order valence-corrected chi connectivity index (χ2v) is 4.29. The van der Waals surface area contributed by atoms with Gasteiger partial charge in [0.05, 0.1) is 32.4 Å². The number of nitrogens with zero attached hydrogens (tertiary/aromatic N) is 2. The molecule has 0 aliphatic carbocycles. The van der Waals surface area contributed by atoms with Gasteiger partial charge in [-0.15, -0.1) is 11.3 Å². The Hall–Kier alpha value is -0.490. The molecule has 2 heterocycles. The van der Waals surface area contributed by atoms with E-state index in [4.69, 9.17) is 9.84 Å². The molecule has 1 fully saturated rings. The molecule has 0 spiro atoms. The fraction of sp³-hybridized carbons (Fsp3) is 0.667. The van der Waals surface area contributed by atoms with Crippen LogP contribution in [-0.4, -0.2) is 47.4 Å². The number of rotatable bonds is 3. The Bertz CT molecular complexity index is 266. The van der Waals surface area contributed by atoms with Crippen molar-refractivity contribution in [2.24, 2.45) is 0 Å². The van der Waals surface area contributed by atoms with Crippen molar-refractivity contribution in [3.8, 4) is 0 Å². The van der Waals surface area contributed by atoms with E-state index in [0.29, 0.717) is 6.61 Å². The van der Waals surface area contributed by atoms with Crippen LogP contribution in [0.2, 0.25) is 0 Å². The summed E-state index contributed by atoms with van der Waals surface area (Å²) in [7, 11) is 0. The van der Waals surface area contributed by atoms with Gasteiger partial charge in [-0.1, -0.05) is 0 Å². The standard InChI is InChI=1S/C9H14N2O2S/c12-6-8-7-13-3-2-11(8)5-9-10-1-4-14-9/h1,4,8,12H,2-3,5-7H2. The molecule has 1 aliphatic rings. The first-order valence-corrected chi connectivity index (χ1v) is 5.59. The van der Waals surface area contributed by atoms with Crippen LogP contribution in [0.5, 0.6) is 0 Å². The molecule has 0 radical (unpaired) electrons. The molecule has 1 unspecified atom stereocenters. The van der Waals surface area contributed by atoms with Gasteiger partial charge in [0.15, 0.2) is 0 Å². The van der Waals surface area contributed by atoms with Gasteiger partial charge in [-0.25, -0.2) is 4.98 Å². The number of hydrogen-bond acceptors (Lipinski definition) is 5. The number of hydrogen-bond donors (Lipinski definition) is 1. The minimum Gasteiger partial charge on any atom is -0.395 e. The lowest BCUT2D eigenvalue weighted by Gasteiger charge is -2.33. The van der Waals surface area contributed by atoms with Crippen molar-refractivity contribution in [1.29, 1.82) is 0 Å². The highest BCUT2D eigenvalue weighted by molar-refractivity contribution is 7.09. The Labute approximate surface area is 87.1 Å². The molecule has 1 aromatic heterocycles. The maximum atomic E-state index is 9.15. The molecule has 1 aliphatic heterocycles. The predicted octanol–water partition coefficient (Wildman–Crippen LogP) is 0.336. The van der Waals surface area contributed by atoms with Crippen molar-refractivity contribution in [1.82, 2.24) is 9.88 Å². The summed E-state index contributed by atoms with van der Waals surface area (Å²) >= 11 is 1.65. The molecule has 1 saturated heterocycles. The average Bonchev–Trinajstić information content (AvgIpc) is 2.71. The third kappa shape index (κ3) is 2.30. The number of aromatic nitrogens is 1. The monoisotopic (exact) mass is 214 g/mol. The summed E-state index contributed by atoms with van der Waals surface area (Å²) in [6.07, 6.45) is 1.81. The van der Waals surface area contributed by atoms with E-state index < -0.39 is 0 Å². The third-order valence-corrected chi connectivity index (χ3v) is 3.15. The zero-order chi connectivity index (χ0) is 9.80. The zero-order valence-corrected chi connectivity index (χ0v) is 8.74. The Morgan fingerprint density at radius 2 is 2.64 bits per heavy atom. The van der Waals surface area contributed by atoms with Crippen LogP contribution < -0.4 is 0 Å². The smallest absolute Gasteiger partial charge is 0.107 e. The fourth-order valence-electron chi connectivity index (χ4n) is 1.57. The second-order valence-electron chi connectivity index (χ2n) is 3.31. The number of morpholine rings is 1. The topological polar surface area (TPSA) is 45.6 Å². The van der Waals surface area contributed by atoms with E-state index in [1.807, 2.05) is 11.6 Å². The minimum absolute atomic E-state index is 0.132. The number of aliphatic hydroxyl groups excluding tert-OH is 1. The lowest BCUT2D eigenvalue weighted by atomic mass is 10.2. The largest absolute Gasteiger partial charge is 0.395 e. The van der Waals surface area contributed by atoms with Crippen molar-refractivity contribution >= 4 is 11.3 Å². The molecule has 0 saturated carbocycles. The van der Waals surface area contributed by atoms with Crippen molar-refractivity contribution in [2.45, 2.75) is 12.6 Å². The van der Waals surface area contributed by atoms with E-state index in [-0.39, 0.29) is 12.6 Å². The first-order valence-electron chi connectivity index (χ1n) is 4.71. The van der Waals surface area contributed by atoms with E-state index in [2.05, 4.69) is 9.88 Å². The number of thiazole rings is 1. The highest BCUT2D eigenvalue weighted by Crippen LogP contribution is 2.13. The van der Waals surface area contributed by atoms with Gasteiger partial charge in [0.25, 0.3) is 0 Å². The molecular formula is C9H14N2O2S. The van der Waals surface area contributed by atoms with Crippen LogP contribution >= 0.6 is 11.3 Å². The maximum Gasteiger partial charge on any atom is 0.107 e. The molecule has 1 N–H and O–H groups in total. The maximum absolute atomic E-state index is 9.15. The van der Waals surface area contributed by atoms with Crippen LogP contribution in [-0.2, 0) is 11.3 Å². The minimum atomic E-state index is 0.132. The van der Waals surface area contributed by atoms with Crippen LogP contribution in [0.3, 0.4) is 0 Å². The van der Waals surface area contributed by atoms with Crippen molar-refractivity contribution in [2.75, 3.05) is 26.4 Å². The first kappa shape index (κ1) is 10.0. The van der Waals surface area contributed by atoms with E-state index in [1.165, 1.54) is 0 Å². The van der Waals surface area contributed by atoms with Gasteiger partial charge < -0.3 is 9.84 Å². The summed E-state index contributed by atoms with van der Waals surface area (Å²) in [6.45, 7) is 3.24. The Morgan fingerprint density at radius 3 is 3.36 bits per heavy atom. The summed E-state index contributed by atoms with van der Waals surface area (Å²) in [4.78, 5) is 6.46. The van der Waals surface area contributed by atoms with Gasteiger partial charge in [0.1, 0.15) is 5.01 Å². The van der Waals surface area contributed by atoms with E-state index >= 15 is 0 Å². The summed E-state index contributed by atoms with van der Waals surface area (Å²) in [5, 5.41) is 12.2. The molecule has 2 rings (SSSR count). The van der Waals surface area contributed by atoms with E-state index in [0.717, 1.165) is 24.7 Å². The predicted molar refractivity (Wildman–Crippen MR) is 54.2 cm³/mol. The molecule has 0 amide bonds. The third-order valence-electron chi connectivity index (χ3n) is 2.38. The van der Waals surface area contributed by atoms with Gasteiger partial charge >= 0.3 is 0 Å². The van der Waals surface area contributed by atoms with Crippen molar-refractivity contribution in [3.05, 3.63) is 16.6 Å². The summed E-state index contributed by atoms with van der Waals surface area (Å²) in [5.74, 6) is 0. The van der Waals surface area contributed by atoms with Crippen LogP contribution in [0.4, 0.5) is 0 Å². The number of aliphatic hydroxyl groups is 1. The molecule has 1 atom stereocenters. The Morgan fingerprint density at radius 1 is 1.71 bits per heavy atom. The molecule has 0 bridgehead atoms. The van der Waals surface area contributed by atoms with Crippen LogP contribution in [0, 0.1) is 0 Å². The highest BCUT2D eigenvalue weighted by Gasteiger charge is 2.22. The SMILES string of the molecule is OCC1COCCN1Cc1nccs1. The van der Waals surface area contributed by atoms with Crippen molar-refractivity contribution in [3.63, 3.8) is 0 Å². The van der Waals surface area contributed by atoms with Crippen LogP contribution in [0.25, 0.3) is 0 Å². The molecule has 78 valence electrons. The van der Waals surface area contributed by atoms with Crippen LogP contribution in [0.1, 0.15) is 5.01 Å². The van der Waals surface area contributed by atoms with Gasteiger partial charge in [0, 0.05) is 18.1 Å². The normalized spacial score (nSPS) is 23.9. The quantitative estimate of drug-likeness (QED) is 0.788. The molecule has 0 aromatic carbocycles. The molecular weight excluding hydrogens is 200 g/mol. The second kappa shape index (κ2) is 4.84. The van der Waals surface area contributed by atoms with E-state index in [1.54, 1.807) is 11.3 Å². The summed E-state index contributed by atoms with van der Waals surface area (Å²) < 4.78 is 5.30. The molecule has 5 heteroatoms. The fourth-order valence-corrected chi connectivity index (χ4v) is 2.21. The van der Waals surface area contributed by atoms with Gasteiger partial charge in [-0.05, 0) is 0 Å². The van der Waals surface area contributed by atoms with Gasteiger partial charge in [-0.2, -0.15) is 0 Å². The first-order chi connectivity index (χ1) is 6.90. The Kier molecular flexibility index (Phi) is 3.47. The summed E-state index contributed by atoms with van der Waals surface area (Å²) in [5.41, 5.74) is 0. The molecule has 4 nitrogen and oxygen atoms in total. The van der Waals surface area contributed by atoms with Crippen molar-refractivity contribution < 1.29 is 9.84 Å². The lowest BCUT2D eigenvalue weighted by Crippen LogP contribution is -2.46.